The molecule has 0 spiro atoms. The van der Waals surface area contributed by atoms with E-state index in [0.717, 1.165) is 37.1 Å². The third-order valence-electron chi connectivity index (χ3n) is 6.34. The van der Waals surface area contributed by atoms with Gasteiger partial charge in [0.2, 0.25) is 0 Å². The van der Waals surface area contributed by atoms with Crippen LogP contribution in [0.25, 0.3) is 22.3 Å². The summed E-state index contributed by atoms with van der Waals surface area (Å²) in [6.45, 7) is 6.77. The summed E-state index contributed by atoms with van der Waals surface area (Å²) in [6.07, 6.45) is 10.3. The lowest BCUT2D eigenvalue weighted by molar-refractivity contribution is 0.133. The van der Waals surface area contributed by atoms with Gasteiger partial charge in [-0.05, 0) is 50.5 Å². The van der Waals surface area contributed by atoms with Crippen LogP contribution in [0.2, 0.25) is 0 Å². The summed E-state index contributed by atoms with van der Waals surface area (Å²) in [7, 11) is 0. The normalized spacial score (nSPS) is 16.5. The number of hydrogen-bond donors (Lipinski definition) is 2. The summed E-state index contributed by atoms with van der Waals surface area (Å²) in [4.78, 5) is 6.89. The Balaban J connectivity index is 1.52. The van der Waals surface area contributed by atoms with Crippen LogP contribution in [0.15, 0.2) is 42.9 Å². The summed E-state index contributed by atoms with van der Waals surface area (Å²) in [5, 5.41) is 4.62. The molecular weight excluding hydrogens is 391 g/mol. The molecule has 0 saturated carbocycles. The molecule has 3 aromatic rings. The third-order valence-corrected chi connectivity index (χ3v) is 6.34. The van der Waals surface area contributed by atoms with Gasteiger partial charge in [0.1, 0.15) is 11.6 Å². The monoisotopic (exact) mass is 422 g/mol. The molecule has 3 heterocycles. The maximum Gasteiger partial charge on any atom is 0.133 e. The molecule has 1 atom stereocenters. The first-order chi connectivity index (χ1) is 15.0. The molecule has 1 unspecified atom stereocenters. The van der Waals surface area contributed by atoms with Crippen molar-refractivity contribution in [2.24, 2.45) is 0 Å². The van der Waals surface area contributed by atoms with E-state index < -0.39 is 5.82 Å². The summed E-state index contributed by atoms with van der Waals surface area (Å²) < 4.78 is 16.5. The van der Waals surface area contributed by atoms with Crippen LogP contribution in [0.1, 0.15) is 45.6 Å². The third kappa shape index (κ3) is 4.56. The highest BCUT2D eigenvalue weighted by atomic mass is 19.1. The average molecular weight is 423 g/mol. The van der Waals surface area contributed by atoms with E-state index in [-0.39, 0.29) is 5.82 Å². The number of pyridine rings is 1. The predicted octanol–water partition coefficient (Wildman–Crippen LogP) is 4.74. The van der Waals surface area contributed by atoms with E-state index in [9.17, 15) is 4.39 Å². The zero-order valence-electron chi connectivity index (χ0n) is 18.3. The van der Waals surface area contributed by atoms with E-state index in [4.69, 9.17) is 11.5 Å². The molecule has 1 aliphatic heterocycles. The minimum absolute atomic E-state index is 0.286. The molecule has 2 aromatic heterocycles. The quantitative estimate of drug-likeness (QED) is 0.560. The van der Waals surface area contributed by atoms with E-state index in [1.807, 2.05) is 12.3 Å². The summed E-state index contributed by atoms with van der Waals surface area (Å²) >= 11 is 0. The number of anilines is 2. The number of likely N-dealkylation sites (tertiary alicyclic amines) is 1. The second kappa shape index (κ2) is 9.06. The number of piperidine rings is 1. The van der Waals surface area contributed by atoms with Gasteiger partial charge in [-0.1, -0.05) is 13.3 Å². The fourth-order valence-electron chi connectivity index (χ4n) is 4.48. The van der Waals surface area contributed by atoms with Crippen molar-refractivity contribution in [3.63, 3.8) is 0 Å². The highest BCUT2D eigenvalue weighted by Gasteiger charge is 2.24. The van der Waals surface area contributed by atoms with Crippen molar-refractivity contribution in [1.29, 1.82) is 0 Å². The number of halogens is 1. The van der Waals surface area contributed by atoms with Crippen LogP contribution in [-0.2, 0) is 0 Å². The first-order valence-corrected chi connectivity index (χ1v) is 11.1. The molecule has 164 valence electrons. The number of nitrogens with zero attached hydrogens (tertiary/aromatic N) is 4. The van der Waals surface area contributed by atoms with Gasteiger partial charge >= 0.3 is 0 Å². The van der Waals surface area contributed by atoms with Crippen LogP contribution >= 0.6 is 0 Å². The van der Waals surface area contributed by atoms with Crippen LogP contribution in [-0.4, -0.2) is 38.8 Å². The molecule has 31 heavy (non-hydrogen) atoms. The Labute approximate surface area is 183 Å². The highest BCUT2D eigenvalue weighted by molar-refractivity contribution is 5.79. The van der Waals surface area contributed by atoms with Crippen LogP contribution < -0.4 is 11.5 Å². The molecule has 0 bridgehead atoms. The summed E-state index contributed by atoms with van der Waals surface area (Å²) in [6, 6.07) is 7.51. The molecule has 1 saturated heterocycles. The maximum atomic E-state index is 14.5. The van der Waals surface area contributed by atoms with Gasteiger partial charge in [0.15, 0.2) is 0 Å². The standard InChI is InChI=1S/C24H31FN6/c1-3-4-16(2)30-9-7-20(8-10-30)31-15-18(14-29-31)17-11-22(24(27)28-13-17)21-6-5-19(26)12-23(21)25/h5-6,11-16,20H,3-4,7-10,26H2,1-2H3,(H2,27,28). The second-order valence-corrected chi connectivity index (χ2v) is 8.51. The van der Waals surface area contributed by atoms with E-state index in [2.05, 4.69) is 39.7 Å². The van der Waals surface area contributed by atoms with Gasteiger partial charge in [0.25, 0.3) is 0 Å². The molecule has 0 aliphatic carbocycles. The topological polar surface area (TPSA) is 86.0 Å². The fourth-order valence-corrected chi connectivity index (χ4v) is 4.48. The zero-order chi connectivity index (χ0) is 22.0. The molecule has 7 heteroatoms. The summed E-state index contributed by atoms with van der Waals surface area (Å²) in [5.41, 5.74) is 14.9. The smallest absolute Gasteiger partial charge is 0.133 e. The molecule has 6 nitrogen and oxygen atoms in total. The van der Waals surface area contributed by atoms with Crippen molar-refractivity contribution in [3.8, 4) is 22.3 Å². The van der Waals surface area contributed by atoms with Crippen molar-refractivity contribution in [2.45, 2.75) is 51.6 Å². The zero-order valence-corrected chi connectivity index (χ0v) is 18.3. The van der Waals surface area contributed by atoms with Gasteiger partial charge in [-0.2, -0.15) is 5.10 Å². The lowest BCUT2D eigenvalue weighted by Crippen LogP contribution is -2.40. The number of nitrogens with two attached hydrogens (primary N) is 2. The number of aromatic nitrogens is 3. The molecule has 1 aromatic carbocycles. The molecule has 0 amide bonds. The minimum atomic E-state index is -0.412. The number of rotatable bonds is 6. The van der Waals surface area contributed by atoms with Gasteiger partial charge < -0.3 is 16.4 Å². The first kappa shape index (κ1) is 21.3. The van der Waals surface area contributed by atoms with Gasteiger partial charge in [-0.25, -0.2) is 9.37 Å². The maximum absolute atomic E-state index is 14.5. The van der Waals surface area contributed by atoms with Gasteiger partial charge in [0, 0.05) is 59.5 Å². The van der Waals surface area contributed by atoms with Crippen LogP contribution in [0.3, 0.4) is 0 Å². The highest BCUT2D eigenvalue weighted by Crippen LogP contribution is 2.33. The van der Waals surface area contributed by atoms with Crippen molar-refractivity contribution >= 4 is 11.5 Å². The fraction of sp³-hybridized carbons (Fsp3) is 0.417. The van der Waals surface area contributed by atoms with Gasteiger partial charge in [-0.15, -0.1) is 0 Å². The van der Waals surface area contributed by atoms with E-state index >= 15 is 0 Å². The van der Waals surface area contributed by atoms with Crippen LogP contribution in [0.5, 0.6) is 0 Å². The Morgan fingerprint density at radius 2 is 1.87 bits per heavy atom. The largest absolute Gasteiger partial charge is 0.399 e. The Bertz CT molecular complexity index is 1040. The second-order valence-electron chi connectivity index (χ2n) is 8.51. The number of benzene rings is 1. The molecule has 4 N–H and O–H groups in total. The molecule has 4 rings (SSSR count). The lowest BCUT2D eigenvalue weighted by atomic mass is 10.0. The molecule has 1 aliphatic rings. The van der Waals surface area contributed by atoms with Crippen LogP contribution in [0.4, 0.5) is 15.9 Å². The van der Waals surface area contributed by atoms with E-state index in [1.165, 1.54) is 18.9 Å². The van der Waals surface area contributed by atoms with Crippen molar-refractivity contribution in [3.05, 3.63) is 48.7 Å². The van der Waals surface area contributed by atoms with E-state index in [1.54, 1.807) is 18.3 Å². The average Bonchev–Trinajstić information content (AvgIpc) is 3.25. The molecule has 0 radical (unpaired) electrons. The lowest BCUT2D eigenvalue weighted by Gasteiger charge is -2.36. The Hall–Kier alpha value is -2.93. The van der Waals surface area contributed by atoms with Crippen molar-refractivity contribution in [2.75, 3.05) is 24.6 Å². The van der Waals surface area contributed by atoms with Gasteiger partial charge in [-0.3, -0.25) is 4.68 Å². The minimum Gasteiger partial charge on any atom is -0.399 e. The van der Waals surface area contributed by atoms with Crippen LogP contribution in [0, 0.1) is 5.82 Å². The molecular formula is C24H31FN6. The van der Waals surface area contributed by atoms with Gasteiger partial charge in [0.05, 0.1) is 12.2 Å². The summed E-state index contributed by atoms with van der Waals surface area (Å²) in [5.74, 6) is -0.126. The van der Waals surface area contributed by atoms with Crippen molar-refractivity contribution in [1.82, 2.24) is 19.7 Å². The van der Waals surface area contributed by atoms with E-state index in [0.29, 0.717) is 28.9 Å². The Morgan fingerprint density at radius 1 is 1.10 bits per heavy atom. The number of nitrogen functional groups attached to an aromatic ring is 2. The first-order valence-electron chi connectivity index (χ1n) is 11.1. The van der Waals surface area contributed by atoms with Crippen molar-refractivity contribution < 1.29 is 4.39 Å². The Kier molecular flexibility index (Phi) is 6.23. The Morgan fingerprint density at radius 3 is 2.58 bits per heavy atom. The SMILES string of the molecule is CCCC(C)N1CCC(n2cc(-c3cnc(N)c(-c4ccc(N)cc4F)c3)cn2)CC1. The number of hydrogen-bond acceptors (Lipinski definition) is 5. The molecule has 1 fully saturated rings. The predicted molar refractivity (Wildman–Crippen MR) is 124 cm³/mol.